The molecule has 102 valence electrons. The molecule has 0 bridgehead atoms. The highest BCUT2D eigenvalue weighted by Gasteiger charge is 2.07. The van der Waals surface area contributed by atoms with Crippen molar-refractivity contribution in [1.29, 1.82) is 0 Å². The number of methoxy groups -OCH3 is 1. The van der Waals surface area contributed by atoms with Crippen molar-refractivity contribution in [3.8, 4) is 0 Å². The average Bonchev–Trinajstić information content (AvgIpc) is 2.29. The van der Waals surface area contributed by atoms with Gasteiger partial charge in [0.15, 0.2) is 0 Å². The Morgan fingerprint density at radius 1 is 1.06 bits per heavy atom. The Labute approximate surface area is 112 Å². The molecule has 0 atom stereocenters. The Kier molecular flexibility index (Phi) is 6.37. The molecule has 0 aliphatic carbocycles. The quantitative estimate of drug-likeness (QED) is 0.746. The maximum atomic E-state index is 5.23. The third kappa shape index (κ3) is 6.18. The van der Waals surface area contributed by atoms with E-state index in [-0.39, 0.29) is 5.54 Å². The molecule has 0 aliphatic heterocycles. The third-order valence-corrected chi connectivity index (χ3v) is 2.95. The fraction of sp³-hybridized carbons (Fsp3) is 0.625. The lowest BCUT2D eigenvalue weighted by atomic mass is 10.0. The van der Waals surface area contributed by atoms with Gasteiger partial charge in [0.1, 0.15) is 0 Å². The molecule has 0 heterocycles. The van der Waals surface area contributed by atoms with Gasteiger partial charge in [-0.05, 0) is 57.7 Å². The van der Waals surface area contributed by atoms with Crippen LogP contribution in [0.15, 0.2) is 24.3 Å². The van der Waals surface area contributed by atoms with Crippen LogP contribution < -0.4 is 5.32 Å². The molecule has 0 fully saturated rings. The predicted molar refractivity (Wildman–Crippen MR) is 77.8 cm³/mol. The first-order valence-corrected chi connectivity index (χ1v) is 6.83. The molecule has 0 saturated carbocycles. The van der Waals surface area contributed by atoms with E-state index in [4.69, 9.17) is 4.74 Å². The van der Waals surface area contributed by atoms with Crippen LogP contribution in [0.25, 0.3) is 0 Å². The summed E-state index contributed by atoms with van der Waals surface area (Å²) in [5.74, 6) is 0. The molecule has 0 amide bonds. The van der Waals surface area contributed by atoms with Crippen LogP contribution in [0.5, 0.6) is 0 Å². The van der Waals surface area contributed by atoms with Gasteiger partial charge in [-0.2, -0.15) is 0 Å². The van der Waals surface area contributed by atoms with Crippen LogP contribution in [0.2, 0.25) is 0 Å². The second kappa shape index (κ2) is 7.55. The lowest BCUT2D eigenvalue weighted by molar-refractivity contribution is 0.184. The second-order valence-electron chi connectivity index (χ2n) is 5.84. The molecule has 18 heavy (non-hydrogen) atoms. The van der Waals surface area contributed by atoms with E-state index < -0.39 is 0 Å². The summed E-state index contributed by atoms with van der Waals surface area (Å²) >= 11 is 0. The van der Waals surface area contributed by atoms with Crippen LogP contribution in [0.3, 0.4) is 0 Å². The van der Waals surface area contributed by atoms with Crippen LogP contribution in [0.4, 0.5) is 0 Å². The Hall–Kier alpha value is -0.860. The van der Waals surface area contributed by atoms with Gasteiger partial charge in [0.25, 0.3) is 0 Å². The predicted octanol–water partition coefficient (Wildman–Crippen LogP) is 3.54. The molecule has 0 aromatic heterocycles. The average molecular weight is 249 g/mol. The summed E-state index contributed by atoms with van der Waals surface area (Å²) in [5.41, 5.74) is 2.98. The van der Waals surface area contributed by atoms with Crippen molar-refractivity contribution in [3.63, 3.8) is 0 Å². The molecule has 2 heteroatoms. The summed E-state index contributed by atoms with van der Waals surface area (Å²) in [6.07, 6.45) is 3.59. The fourth-order valence-electron chi connectivity index (χ4n) is 2.00. The Bertz CT molecular complexity index is 341. The maximum absolute atomic E-state index is 5.23. The zero-order valence-corrected chi connectivity index (χ0v) is 12.3. The number of unbranched alkanes of at least 4 members (excludes halogenated alkanes) is 1. The highest BCUT2D eigenvalue weighted by molar-refractivity contribution is 5.26. The number of aryl methyl sites for hydroxylation is 1. The van der Waals surface area contributed by atoms with E-state index in [1.165, 1.54) is 24.0 Å². The minimum atomic E-state index is 0.230. The first-order chi connectivity index (χ1) is 8.53. The van der Waals surface area contributed by atoms with Crippen LogP contribution >= 0.6 is 0 Å². The SMILES string of the molecule is COCc1ccccc1CCCCNC(C)(C)C. The van der Waals surface area contributed by atoms with E-state index in [1.807, 2.05) is 0 Å². The molecule has 2 nitrogen and oxygen atoms in total. The monoisotopic (exact) mass is 249 g/mol. The molecule has 0 aliphatic rings. The highest BCUT2D eigenvalue weighted by Crippen LogP contribution is 2.13. The Morgan fingerprint density at radius 2 is 1.72 bits per heavy atom. The van der Waals surface area contributed by atoms with Gasteiger partial charge in [-0.3, -0.25) is 0 Å². The van der Waals surface area contributed by atoms with Crippen molar-refractivity contribution >= 4 is 0 Å². The number of ether oxygens (including phenoxy) is 1. The number of hydrogen-bond donors (Lipinski definition) is 1. The van der Waals surface area contributed by atoms with Gasteiger partial charge in [-0.15, -0.1) is 0 Å². The first-order valence-electron chi connectivity index (χ1n) is 6.83. The first kappa shape index (κ1) is 15.2. The van der Waals surface area contributed by atoms with E-state index in [1.54, 1.807) is 7.11 Å². The van der Waals surface area contributed by atoms with Crippen LogP contribution in [0, 0.1) is 0 Å². The molecular formula is C16H27NO. The number of rotatable bonds is 7. The van der Waals surface area contributed by atoms with Gasteiger partial charge >= 0.3 is 0 Å². The van der Waals surface area contributed by atoms with Crippen LogP contribution in [-0.4, -0.2) is 19.2 Å². The summed E-state index contributed by atoms with van der Waals surface area (Å²) in [6.45, 7) is 8.44. The van der Waals surface area contributed by atoms with E-state index in [0.717, 1.165) is 19.6 Å². The number of hydrogen-bond acceptors (Lipinski definition) is 2. The molecule has 1 aromatic carbocycles. The van der Waals surface area contributed by atoms with Crippen LogP contribution in [-0.2, 0) is 17.8 Å². The van der Waals surface area contributed by atoms with E-state index >= 15 is 0 Å². The fourth-order valence-corrected chi connectivity index (χ4v) is 2.00. The van der Waals surface area contributed by atoms with E-state index in [2.05, 4.69) is 50.4 Å². The molecule has 0 radical (unpaired) electrons. The second-order valence-corrected chi connectivity index (χ2v) is 5.84. The molecule has 0 spiro atoms. The van der Waals surface area contributed by atoms with Crippen molar-refractivity contribution in [2.75, 3.05) is 13.7 Å². The number of benzene rings is 1. The molecule has 1 N–H and O–H groups in total. The Morgan fingerprint density at radius 3 is 2.33 bits per heavy atom. The van der Waals surface area contributed by atoms with Crippen molar-refractivity contribution in [2.24, 2.45) is 0 Å². The minimum Gasteiger partial charge on any atom is -0.380 e. The van der Waals surface area contributed by atoms with Gasteiger partial charge in [0, 0.05) is 12.6 Å². The summed E-state index contributed by atoms with van der Waals surface area (Å²) in [5, 5.41) is 3.52. The summed E-state index contributed by atoms with van der Waals surface area (Å²) in [6, 6.07) is 8.57. The normalized spacial score (nSPS) is 11.8. The zero-order chi connectivity index (χ0) is 13.4. The molecule has 1 aromatic rings. The lowest BCUT2D eigenvalue weighted by Crippen LogP contribution is -2.36. The standard InChI is InChI=1S/C16H27NO/c1-16(2,3)17-12-8-7-10-14-9-5-6-11-15(14)13-18-4/h5-6,9,11,17H,7-8,10,12-13H2,1-4H3. The van der Waals surface area contributed by atoms with Crippen molar-refractivity contribution in [2.45, 2.75) is 52.2 Å². The highest BCUT2D eigenvalue weighted by atomic mass is 16.5. The Balaban J connectivity index is 2.31. The van der Waals surface area contributed by atoms with Gasteiger partial charge in [-0.25, -0.2) is 0 Å². The van der Waals surface area contributed by atoms with Crippen molar-refractivity contribution in [1.82, 2.24) is 5.32 Å². The van der Waals surface area contributed by atoms with Gasteiger partial charge < -0.3 is 10.1 Å². The largest absolute Gasteiger partial charge is 0.380 e. The van der Waals surface area contributed by atoms with Gasteiger partial charge in [0.05, 0.1) is 6.61 Å². The van der Waals surface area contributed by atoms with Crippen molar-refractivity contribution < 1.29 is 4.74 Å². The van der Waals surface area contributed by atoms with Gasteiger partial charge in [0.2, 0.25) is 0 Å². The number of nitrogens with one attached hydrogen (secondary N) is 1. The van der Waals surface area contributed by atoms with E-state index in [9.17, 15) is 0 Å². The smallest absolute Gasteiger partial charge is 0.0715 e. The van der Waals surface area contributed by atoms with E-state index in [0.29, 0.717) is 0 Å². The molecule has 0 unspecified atom stereocenters. The zero-order valence-electron chi connectivity index (χ0n) is 12.3. The summed E-state index contributed by atoms with van der Waals surface area (Å²) < 4.78 is 5.23. The molecular weight excluding hydrogens is 222 g/mol. The van der Waals surface area contributed by atoms with Crippen LogP contribution in [0.1, 0.15) is 44.7 Å². The summed E-state index contributed by atoms with van der Waals surface area (Å²) in [7, 11) is 1.75. The third-order valence-electron chi connectivity index (χ3n) is 2.95. The summed E-state index contributed by atoms with van der Waals surface area (Å²) in [4.78, 5) is 0. The van der Waals surface area contributed by atoms with Crippen molar-refractivity contribution in [3.05, 3.63) is 35.4 Å². The van der Waals surface area contributed by atoms with Gasteiger partial charge in [-0.1, -0.05) is 24.3 Å². The molecule has 0 saturated heterocycles. The molecule has 1 rings (SSSR count). The topological polar surface area (TPSA) is 21.3 Å². The minimum absolute atomic E-state index is 0.230. The maximum Gasteiger partial charge on any atom is 0.0715 e. The lowest BCUT2D eigenvalue weighted by Gasteiger charge is -2.20.